The number of anilines is 1. The highest BCUT2D eigenvalue weighted by molar-refractivity contribution is 7.92. The van der Waals surface area contributed by atoms with Crippen LogP contribution in [0.3, 0.4) is 0 Å². The lowest BCUT2D eigenvalue weighted by atomic mass is 10.2. The fraction of sp³-hybridized carbons (Fsp3) is 0.118. The van der Waals surface area contributed by atoms with Crippen molar-refractivity contribution >= 4 is 38.3 Å². The number of fused-ring (bicyclic) bond motifs is 1. The highest BCUT2D eigenvalue weighted by atomic mass is 35.5. The number of sulfonamides is 1. The highest BCUT2D eigenvalue weighted by Gasteiger charge is 2.18. The number of nitrogens with one attached hydrogen (secondary N) is 1. The van der Waals surface area contributed by atoms with E-state index in [4.69, 9.17) is 20.8 Å². The third kappa shape index (κ3) is 3.47. The fourth-order valence-corrected chi connectivity index (χ4v) is 3.58. The van der Waals surface area contributed by atoms with Crippen molar-refractivity contribution in [2.24, 2.45) is 0 Å². The topological polar surface area (TPSA) is 85.6 Å². The first-order valence-electron chi connectivity index (χ1n) is 7.21. The smallest absolute Gasteiger partial charge is 0.336 e. The fourth-order valence-electron chi connectivity index (χ4n) is 2.33. The average molecular weight is 380 g/mol. The minimum Gasteiger partial charge on any atom is -0.495 e. The highest BCUT2D eigenvalue weighted by Crippen LogP contribution is 2.32. The van der Waals surface area contributed by atoms with Gasteiger partial charge in [-0.05, 0) is 42.8 Å². The van der Waals surface area contributed by atoms with Crippen LogP contribution in [0.2, 0.25) is 5.02 Å². The van der Waals surface area contributed by atoms with Crippen LogP contribution in [-0.4, -0.2) is 15.5 Å². The second-order valence-corrected chi connectivity index (χ2v) is 7.45. The van der Waals surface area contributed by atoms with Crippen LogP contribution in [0.1, 0.15) is 5.56 Å². The zero-order valence-electron chi connectivity index (χ0n) is 13.4. The molecule has 0 amide bonds. The van der Waals surface area contributed by atoms with Crippen molar-refractivity contribution in [1.29, 1.82) is 0 Å². The van der Waals surface area contributed by atoms with Crippen LogP contribution >= 0.6 is 11.6 Å². The Kier molecular flexibility index (Phi) is 4.45. The summed E-state index contributed by atoms with van der Waals surface area (Å²) in [6.07, 6.45) is 0. The van der Waals surface area contributed by atoms with Gasteiger partial charge in [-0.25, -0.2) is 13.2 Å². The van der Waals surface area contributed by atoms with E-state index in [2.05, 4.69) is 4.72 Å². The van der Waals surface area contributed by atoms with E-state index < -0.39 is 15.6 Å². The molecular formula is C17H14ClNO5S. The summed E-state index contributed by atoms with van der Waals surface area (Å²) < 4.78 is 38.1. The zero-order chi connectivity index (χ0) is 18.2. The number of rotatable bonds is 4. The second-order valence-electron chi connectivity index (χ2n) is 5.36. The van der Waals surface area contributed by atoms with E-state index in [-0.39, 0.29) is 10.6 Å². The maximum Gasteiger partial charge on any atom is 0.336 e. The lowest BCUT2D eigenvalue weighted by Gasteiger charge is -2.14. The number of hydrogen-bond donors (Lipinski definition) is 1. The third-order valence-electron chi connectivity index (χ3n) is 3.63. The van der Waals surface area contributed by atoms with Crippen molar-refractivity contribution in [3.05, 3.63) is 63.5 Å². The van der Waals surface area contributed by atoms with Crippen LogP contribution in [-0.2, 0) is 10.0 Å². The molecule has 1 heterocycles. The summed E-state index contributed by atoms with van der Waals surface area (Å²) >= 11 is 6.04. The van der Waals surface area contributed by atoms with Crippen LogP contribution < -0.4 is 15.1 Å². The van der Waals surface area contributed by atoms with E-state index in [1.54, 1.807) is 19.1 Å². The molecule has 25 heavy (non-hydrogen) atoms. The maximum absolute atomic E-state index is 12.7. The number of benzene rings is 2. The van der Waals surface area contributed by atoms with Crippen molar-refractivity contribution in [1.82, 2.24) is 0 Å². The minimum absolute atomic E-state index is 0.0310. The largest absolute Gasteiger partial charge is 0.495 e. The molecule has 0 saturated heterocycles. The summed E-state index contributed by atoms with van der Waals surface area (Å²) in [5.41, 5.74) is 0.804. The van der Waals surface area contributed by atoms with E-state index in [1.165, 1.54) is 37.4 Å². The van der Waals surface area contributed by atoms with Gasteiger partial charge >= 0.3 is 5.63 Å². The Morgan fingerprint density at radius 1 is 1.12 bits per heavy atom. The molecule has 6 nitrogen and oxygen atoms in total. The van der Waals surface area contributed by atoms with Gasteiger partial charge in [0, 0.05) is 22.5 Å². The summed E-state index contributed by atoms with van der Waals surface area (Å²) in [6.45, 7) is 1.76. The van der Waals surface area contributed by atoms with Gasteiger partial charge in [-0.3, -0.25) is 4.72 Å². The summed E-state index contributed by atoms with van der Waals surface area (Å²) in [5.74, 6) is 0.311. The molecule has 3 aromatic rings. The molecule has 8 heteroatoms. The van der Waals surface area contributed by atoms with Crippen molar-refractivity contribution in [3.8, 4) is 5.75 Å². The maximum atomic E-state index is 12.7. The molecule has 0 bridgehead atoms. The molecular weight excluding hydrogens is 366 g/mol. The summed E-state index contributed by atoms with van der Waals surface area (Å²) in [4.78, 5) is 11.2. The minimum atomic E-state index is -3.87. The van der Waals surface area contributed by atoms with Crippen LogP contribution in [0.4, 0.5) is 5.69 Å². The Bertz CT molecular complexity index is 1120. The first kappa shape index (κ1) is 17.3. The van der Waals surface area contributed by atoms with Crippen LogP contribution in [0, 0.1) is 6.92 Å². The predicted molar refractivity (Wildman–Crippen MR) is 96.0 cm³/mol. The molecule has 0 saturated carbocycles. The van der Waals surface area contributed by atoms with E-state index in [9.17, 15) is 13.2 Å². The van der Waals surface area contributed by atoms with Gasteiger partial charge in [-0.15, -0.1) is 0 Å². The Hall–Kier alpha value is -2.51. The molecule has 130 valence electrons. The Labute approximate surface area is 149 Å². The molecule has 0 aliphatic carbocycles. The molecule has 0 radical (unpaired) electrons. The molecule has 0 atom stereocenters. The number of aryl methyl sites for hydroxylation is 1. The molecule has 0 unspecified atom stereocenters. The Morgan fingerprint density at radius 2 is 1.88 bits per heavy atom. The summed E-state index contributed by atoms with van der Waals surface area (Å²) in [5, 5.41) is 0.974. The van der Waals surface area contributed by atoms with E-state index >= 15 is 0 Å². The monoisotopic (exact) mass is 379 g/mol. The Balaban J connectivity index is 2.04. The van der Waals surface area contributed by atoms with E-state index in [1.807, 2.05) is 0 Å². The molecule has 1 N–H and O–H groups in total. The number of ether oxygens (including phenoxy) is 1. The number of methoxy groups -OCH3 is 1. The predicted octanol–water partition coefficient (Wildman–Crippen LogP) is 3.56. The van der Waals surface area contributed by atoms with Crippen molar-refractivity contribution in [2.45, 2.75) is 11.8 Å². The summed E-state index contributed by atoms with van der Waals surface area (Å²) in [6, 6.07) is 10.1. The molecule has 0 aliphatic rings. The average Bonchev–Trinajstić information content (AvgIpc) is 2.57. The first-order chi connectivity index (χ1) is 11.8. The normalized spacial score (nSPS) is 11.5. The molecule has 1 aromatic heterocycles. The van der Waals surface area contributed by atoms with Crippen LogP contribution in [0.25, 0.3) is 11.0 Å². The first-order valence-corrected chi connectivity index (χ1v) is 9.07. The second kappa shape index (κ2) is 6.42. The van der Waals surface area contributed by atoms with E-state index in [0.717, 1.165) is 0 Å². The molecule has 0 fully saturated rings. The molecule has 0 spiro atoms. The standard InChI is InChI=1S/C17H14ClNO5S/c1-10-7-14(16(23-2)9-13(10)18)19-25(21,22)12-4-5-15-11(8-12)3-6-17(20)24-15/h3-9,19H,1-2H3. The van der Waals surface area contributed by atoms with Gasteiger partial charge in [0.05, 0.1) is 17.7 Å². The third-order valence-corrected chi connectivity index (χ3v) is 5.40. The van der Waals surface area contributed by atoms with Crippen LogP contribution in [0.15, 0.2) is 56.6 Å². The SMILES string of the molecule is COc1cc(Cl)c(C)cc1NS(=O)(=O)c1ccc2oc(=O)ccc2c1. The van der Waals surface area contributed by atoms with E-state index in [0.29, 0.717) is 27.3 Å². The molecule has 3 rings (SSSR count). The van der Waals surface area contributed by atoms with Gasteiger partial charge in [0.25, 0.3) is 10.0 Å². The van der Waals surface area contributed by atoms with Gasteiger partial charge in [0.1, 0.15) is 11.3 Å². The van der Waals surface area contributed by atoms with Gasteiger partial charge in [-0.1, -0.05) is 11.6 Å². The summed E-state index contributed by atoms with van der Waals surface area (Å²) in [7, 11) is -2.44. The van der Waals surface area contributed by atoms with Gasteiger partial charge < -0.3 is 9.15 Å². The molecule has 0 aliphatic heterocycles. The lowest BCUT2D eigenvalue weighted by molar-refractivity contribution is 0.417. The lowest BCUT2D eigenvalue weighted by Crippen LogP contribution is -2.14. The van der Waals surface area contributed by atoms with Crippen molar-refractivity contribution < 1.29 is 17.6 Å². The van der Waals surface area contributed by atoms with Crippen molar-refractivity contribution in [3.63, 3.8) is 0 Å². The molecule has 2 aromatic carbocycles. The van der Waals surface area contributed by atoms with Gasteiger partial charge in [0.15, 0.2) is 0 Å². The van der Waals surface area contributed by atoms with Gasteiger partial charge in [-0.2, -0.15) is 0 Å². The van der Waals surface area contributed by atoms with Crippen molar-refractivity contribution in [2.75, 3.05) is 11.8 Å². The number of hydrogen-bond acceptors (Lipinski definition) is 5. The Morgan fingerprint density at radius 3 is 2.60 bits per heavy atom. The zero-order valence-corrected chi connectivity index (χ0v) is 14.9. The van der Waals surface area contributed by atoms with Gasteiger partial charge in [0.2, 0.25) is 0 Å². The van der Waals surface area contributed by atoms with Crippen LogP contribution in [0.5, 0.6) is 5.75 Å². The number of halogens is 1. The quantitative estimate of drug-likeness (QED) is 0.700.